The third kappa shape index (κ3) is 3.80. The number of aryl methyl sites for hydroxylation is 1. The van der Waals surface area contributed by atoms with Gasteiger partial charge >= 0.3 is 0 Å². The van der Waals surface area contributed by atoms with Gasteiger partial charge in [-0.3, -0.25) is 14.7 Å². The number of nitro benzene ring substituents is 1. The minimum absolute atomic E-state index is 0.0800. The zero-order valence-electron chi connectivity index (χ0n) is 15.0. The van der Waals surface area contributed by atoms with Crippen LogP contribution >= 0.6 is 11.8 Å². The summed E-state index contributed by atoms with van der Waals surface area (Å²) in [5.74, 6) is 1.50. The number of rotatable bonds is 6. The first kappa shape index (κ1) is 18.2. The van der Waals surface area contributed by atoms with E-state index < -0.39 is 0 Å². The van der Waals surface area contributed by atoms with Crippen LogP contribution in [0.25, 0.3) is 16.9 Å². The summed E-state index contributed by atoms with van der Waals surface area (Å²) in [4.78, 5) is 15.4. The second kappa shape index (κ2) is 7.74. The predicted molar refractivity (Wildman–Crippen MR) is 106 cm³/mol. The van der Waals surface area contributed by atoms with E-state index in [1.54, 1.807) is 30.1 Å². The Morgan fingerprint density at radius 2 is 1.96 bits per heavy atom. The largest absolute Gasteiger partial charge is 0.287 e. The molecular formula is C20H21N3O2S. The molecule has 1 aromatic heterocycles. The molecule has 0 bridgehead atoms. The van der Waals surface area contributed by atoms with Crippen LogP contribution in [0.1, 0.15) is 19.4 Å². The third-order valence-electron chi connectivity index (χ3n) is 3.98. The van der Waals surface area contributed by atoms with E-state index in [4.69, 9.17) is 0 Å². The van der Waals surface area contributed by atoms with Gasteiger partial charge in [-0.15, -0.1) is 0 Å². The quantitative estimate of drug-likeness (QED) is 0.328. The molecular weight excluding hydrogens is 346 g/mol. The van der Waals surface area contributed by atoms with Gasteiger partial charge in [0.1, 0.15) is 0 Å². The highest BCUT2D eigenvalue weighted by Crippen LogP contribution is 2.33. The first-order chi connectivity index (χ1) is 12.5. The van der Waals surface area contributed by atoms with Gasteiger partial charge < -0.3 is 0 Å². The van der Waals surface area contributed by atoms with Crippen LogP contribution in [-0.2, 0) is 0 Å². The minimum Gasteiger partial charge on any atom is -0.287 e. The zero-order valence-corrected chi connectivity index (χ0v) is 15.9. The van der Waals surface area contributed by atoms with E-state index >= 15 is 0 Å². The van der Waals surface area contributed by atoms with E-state index in [0.29, 0.717) is 5.92 Å². The lowest BCUT2D eigenvalue weighted by Gasteiger charge is -2.15. The molecule has 6 heteroatoms. The number of para-hydroxylation sites is 1. The van der Waals surface area contributed by atoms with Gasteiger partial charge in [-0.05, 0) is 24.5 Å². The minimum atomic E-state index is -0.369. The molecule has 134 valence electrons. The summed E-state index contributed by atoms with van der Waals surface area (Å²) < 4.78 is 2.10. The molecule has 0 atom stereocenters. The molecule has 0 aliphatic rings. The van der Waals surface area contributed by atoms with Gasteiger partial charge in [0.05, 0.1) is 22.5 Å². The van der Waals surface area contributed by atoms with Crippen LogP contribution in [0.5, 0.6) is 0 Å². The van der Waals surface area contributed by atoms with Crippen molar-refractivity contribution in [1.82, 2.24) is 9.55 Å². The van der Waals surface area contributed by atoms with Crippen molar-refractivity contribution in [1.29, 1.82) is 0 Å². The van der Waals surface area contributed by atoms with Gasteiger partial charge in [0.25, 0.3) is 5.69 Å². The number of aromatic nitrogens is 2. The van der Waals surface area contributed by atoms with Gasteiger partial charge in [-0.25, -0.2) is 4.98 Å². The molecule has 0 saturated carbocycles. The SMILES string of the molecule is Cc1ccccc1-n1c(-c2cccc([N+](=O)[O-])c2)cnc1SCC(C)C. The van der Waals surface area contributed by atoms with E-state index in [0.717, 1.165) is 33.4 Å². The Bertz CT molecular complexity index is 934. The normalized spacial score (nSPS) is 11.1. The van der Waals surface area contributed by atoms with Crippen LogP contribution in [0, 0.1) is 23.0 Å². The second-order valence-corrected chi connectivity index (χ2v) is 7.55. The van der Waals surface area contributed by atoms with Crippen molar-refractivity contribution in [2.24, 2.45) is 5.92 Å². The Kier molecular flexibility index (Phi) is 5.42. The molecule has 0 saturated heterocycles. The van der Waals surface area contributed by atoms with Crippen molar-refractivity contribution in [2.45, 2.75) is 25.9 Å². The first-order valence-corrected chi connectivity index (χ1v) is 9.47. The molecule has 3 rings (SSSR count). The molecule has 0 unspecified atom stereocenters. The number of non-ortho nitro benzene ring substituents is 1. The lowest BCUT2D eigenvalue weighted by Crippen LogP contribution is -2.03. The fraction of sp³-hybridized carbons (Fsp3) is 0.250. The standard InChI is InChI=1S/C20H21N3O2S/c1-14(2)13-26-20-21-12-19(16-8-6-9-17(11-16)23(24)25)22(20)18-10-5-4-7-15(18)3/h4-12,14H,13H2,1-3H3. The average molecular weight is 367 g/mol. The van der Waals surface area contributed by atoms with Crippen LogP contribution in [0.3, 0.4) is 0 Å². The van der Waals surface area contributed by atoms with Crippen molar-refractivity contribution >= 4 is 17.4 Å². The third-order valence-corrected chi connectivity index (χ3v) is 5.36. The number of thioether (sulfide) groups is 1. The molecule has 0 N–H and O–H groups in total. The van der Waals surface area contributed by atoms with Crippen LogP contribution < -0.4 is 0 Å². The lowest BCUT2D eigenvalue weighted by molar-refractivity contribution is -0.384. The van der Waals surface area contributed by atoms with E-state index in [-0.39, 0.29) is 10.6 Å². The topological polar surface area (TPSA) is 61.0 Å². The van der Waals surface area contributed by atoms with Crippen molar-refractivity contribution in [3.05, 3.63) is 70.4 Å². The summed E-state index contributed by atoms with van der Waals surface area (Å²) in [6.07, 6.45) is 1.80. The Morgan fingerprint density at radius 1 is 1.19 bits per heavy atom. The molecule has 0 radical (unpaired) electrons. The van der Waals surface area contributed by atoms with Crippen molar-refractivity contribution in [2.75, 3.05) is 5.75 Å². The summed E-state index contributed by atoms with van der Waals surface area (Å²) in [6.45, 7) is 6.41. The maximum absolute atomic E-state index is 11.2. The number of imidazole rings is 1. The summed E-state index contributed by atoms with van der Waals surface area (Å²) >= 11 is 1.70. The molecule has 1 heterocycles. The van der Waals surface area contributed by atoms with Gasteiger partial charge in [-0.2, -0.15) is 0 Å². The number of benzene rings is 2. The highest BCUT2D eigenvalue weighted by molar-refractivity contribution is 7.99. The molecule has 0 aliphatic heterocycles. The highest BCUT2D eigenvalue weighted by Gasteiger charge is 2.17. The first-order valence-electron chi connectivity index (χ1n) is 8.48. The van der Waals surface area contributed by atoms with Gasteiger partial charge in [0.2, 0.25) is 0 Å². The number of hydrogen-bond donors (Lipinski definition) is 0. The predicted octanol–water partition coefficient (Wildman–Crippen LogP) is 5.50. The average Bonchev–Trinajstić information content (AvgIpc) is 3.04. The zero-order chi connectivity index (χ0) is 18.7. The molecule has 0 amide bonds. The Hall–Kier alpha value is -2.60. The van der Waals surface area contributed by atoms with E-state index in [1.165, 1.54) is 6.07 Å². The van der Waals surface area contributed by atoms with Crippen LogP contribution in [-0.4, -0.2) is 20.2 Å². The summed E-state index contributed by atoms with van der Waals surface area (Å²) in [5.41, 5.74) is 3.89. The lowest BCUT2D eigenvalue weighted by atomic mass is 10.1. The summed E-state index contributed by atoms with van der Waals surface area (Å²) in [6, 6.07) is 14.8. The highest BCUT2D eigenvalue weighted by atomic mass is 32.2. The Balaban J connectivity index is 2.15. The smallest absolute Gasteiger partial charge is 0.270 e. The van der Waals surface area contributed by atoms with Crippen molar-refractivity contribution in [3.63, 3.8) is 0 Å². The molecule has 0 aliphatic carbocycles. The number of hydrogen-bond acceptors (Lipinski definition) is 4. The van der Waals surface area contributed by atoms with Gasteiger partial charge in [-0.1, -0.05) is 55.9 Å². The summed E-state index contributed by atoms with van der Waals surface area (Å²) in [7, 11) is 0. The number of nitrogens with zero attached hydrogens (tertiary/aromatic N) is 3. The molecule has 3 aromatic rings. The summed E-state index contributed by atoms with van der Waals surface area (Å²) in [5, 5.41) is 12.1. The fourth-order valence-corrected chi connectivity index (χ4v) is 3.64. The molecule has 0 spiro atoms. The second-order valence-electron chi connectivity index (χ2n) is 6.56. The molecule has 5 nitrogen and oxygen atoms in total. The maximum atomic E-state index is 11.2. The van der Waals surface area contributed by atoms with E-state index in [9.17, 15) is 10.1 Å². The Labute approximate surface area is 157 Å². The van der Waals surface area contributed by atoms with Crippen LogP contribution in [0.4, 0.5) is 5.69 Å². The van der Waals surface area contributed by atoms with E-state index in [2.05, 4.69) is 42.5 Å². The Morgan fingerprint density at radius 3 is 2.65 bits per heavy atom. The molecule has 2 aromatic carbocycles. The molecule has 0 fully saturated rings. The van der Waals surface area contributed by atoms with Crippen LogP contribution in [0.2, 0.25) is 0 Å². The molecule has 26 heavy (non-hydrogen) atoms. The number of nitro groups is 1. The van der Waals surface area contributed by atoms with Crippen molar-refractivity contribution < 1.29 is 4.92 Å². The van der Waals surface area contributed by atoms with Gasteiger partial charge in [0, 0.05) is 23.4 Å². The van der Waals surface area contributed by atoms with Gasteiger partial charge in [0.15, 0.2) is 5.16 Å². The maximum Gasteiger partial charge on any atom is 0.270 e. The van der Waals surface area contributed by atoms with E-state index in [1.807, 2.05) is 18.2 Å². The van der Waals surface area contributed by atoms with Crippen LogP contribution in [0.15, 0.2) is 59.9 Å². The van der Waals surface area contributed by atoms with Crippen molar-refractivity contribution in [3.8, 4) is 16.9 Å². The monoisotopic (exact) mass is 367 g/mol. The fourth-order valence-electron chi connectivity index (χ4n) is 2.71.